The molecule has 20 heavy (non-hydrogen) atoms. The standard InChI is InChI=1S/C15H19N3OS/c1-3-12-9-17-15(20-12)10(2)18-14(19)13(16)11-7-5-4-6-8-11/h4-10,13H,3,16H2,1-2H3,(H,18,19)/t10?,13-/m1/s1. The third-order valence-electron chi connectivity index (χ3n) is 3.09. The van der Waals surface area contributed by atoms with Gasteiger partial charge in [-0.05, 0) is 18.9 Å². The number of hydrogen-bond donors (Lipinski definition) is 2. The van der Waals surface area contributed by atoms with Crippen molar-refractivity contribution in [1.82, 2.24) is 10.3 Å². The van der Waals surface area contributed by atoms with Gasteiger partial charge in [0, 0.05) is 11.1 Å². The van der Waals surface area contributed by atoms with Gasteiger partial charge in [0.15, 0.2) is 0 Å². The highest BCUT2D eigenvalue weighted by Gasteiger charge is 2.19. The van der Waals surface area contributed by atoms with E-state index in [-0.39, 0.29) is 11.9 Å². The molecule has 2 aromatic rings. The minimum Gasteiger partial charge on any atom is -0.345 e. The van der Waals surface area contributed by atoms with Crippen LogP contribution >= 0.6 is 11.3 Å². The second-order valence-electron chi connectivity index (χ2n) is 4.64. The molecule has 1 heterocycles. The summed E-state index contributed by atoms with van der Waals surface area (Å²) in [5, 5.41) is 3.83. The summed E-state index contributed by atoms with van der Waals surface area (Å²) in [5.74, 6) is -0.183. The van der Waals surface area contributed by atoms with Crippen LogP contribution in [0, 0.1) is 0 Å². The molecule has 2 atom stereocenters. The van der Waals surface area contributed by atoms with E-state index in [1.54, 1.807) is 11.3 Å². The molecule has 4 nitrogen and oxygen atoms in total. The molecule has 0 aliphatic heterocycles. The average Bonchev–Trinajstić information content (AvgIpc) is 2.96. The number of rotatable bonds is 5. The van der Waals surface area contributed by atoms with E-state index in [9.17, 15) is 4.79 Å². The van der Waals surface area contributed by atoms with E-state index in [0.29, 0.717) is 0 Å². The summed E-state index contributed by atoms with van der Waals surface area (Å²) in [6.07, 6.45) is 2.82. The Bertz CT molecular complexity index is 568. The fourth-order valence-electron chi connectivity index (χ4n) is 1.86. The minimum atomic E-state index is -0.649. The first-order valence-corrected chi connectivity index (χ1v) is 7.49. The zero-order chi connectivity index (χ0) is 14.5. The molecule has 0 aliphatic rings. The zero-order valence-corrected chi connectivity index (χ0v) is 12.5. The van der Waals surface area contributed by atoms with Crippen molar-refractivity contribution >= 4 is 17.2 Å². The van der Waals surface area contributed by atoms with Crippen molar-refractivity contribution in [3.63, 3.8) is 0 Å². The first-order chi connectivity index (χ1) is 9.61. The Morgan fingerprint density at radius 1 is 1.40 bits per heavy atom. The van der Waals surface area contributed by atoms with Gasteiger partial charge in [-0.2, -0.15) is 0 Å². The molecule has 1 aromatic heterocycles. The van der Waals surface area contributed by atoms with Gasteiger partial charge in [-0.15, -0.1) is 11.3 Å². The Morgan fingerprint density at radius 3 is 2.70 bits per heavy atom. The normalized spacial score (nSPS) is 13.8. The van der Waals surface area contributed by atoms with Crippen LogP contribution in [0.4, 0.5) is 0 Å². The van der Waals surface area contributed by atoms with E-state index in [4.69, 9.17) is 5.73 Å². The van der Waals surface area contributed by atoms with Crippen LogP contribution in [-0.4, -0.2) is 10.9 Å². The predicted molar refractivity (Wildman–Crippen MR) is 81.4 cm³/mol. The quantitative estimate of drug-likeness (QED) is 0.889. The number of nitrogens with one attached hydrogen (secondary N) is 1. The Labute approximate surface area is 123 Å². The molecule has 106 valence electrons. The fraction of sp³-hybridized carbons (Fsp3) is 0.333. The van der Waals surface area contributed by atoms with Gasteiger partial charge >= 0.3 is 0 Å². The van der Waals surface area contributed by atoms with Crippen molar-refractivity contribution in [2.45, 2.75) is 32.4 Å². The number of aromatic nitrogens is 1. The Morgan fingerprint density at radius 2 is 2.10 bits per heavy atom. The number of aryl methyl sites for hydroxylation is 1. The SMILES string of the molecule is CCc1cnc(C(C)NC(=O)[C@H](N)c2ccccc2)s1. The van der Waals surface area contributed by atoms with E-state index < -0.39 is 6.04 Å². The first kappa shape index (κ1) is 14.7. The lowest BCUT2D eigenvalue weighted by Gasteiger charge is -2.16. The zero-order valence-electron chi connectivity index (χ0n) is 11.7. The topological polar surface area (TPSA) is 68.0 Å². The van der Waals surface area contributed by atoms with E-state index in [1.807, 2.05) is 43.5 Å². The molecule has 3 N–H and O–H groups in total. The molecule has 5 heteroatoms. The molecule has 1 amide bonds. The highest BCUT2D eigenvalue weighted by molar-refractivity contribution is 7.11. The lowest BCUT2D eigenvalue weighted by atomic mass is 10.1. The molecule has 1 unspecified atom stereocenters. The van der Waals surface area contributed by atoms with Crippen LogP contribution in [0.25, 0.3) is 0 Å². The van der Waals surface area contributed by atoms with Crippen LogP contribution in [0.1, 0.15) is 41.4 Å². The van der Waals surface area contributed by atoms with Crippen molar-refractivity contribution in [2.24, 2.45) is 5.73 Å². The van der Waals surface area contributed by atoms with Gasteiger partial charge in [0.2, 0.25) is 5.91 Å². The van der Waals surface area contributed by atoms with E-state index in [0.717, 1.165) is 17.0 Å². The second-order valence-corrected chi connectivity index (χ2v) is 5.78. The molecule has 0 aliphatic carbocycles. The molecule has 0 saturated heterocycles. The third-order valence-corrected chi connectivity index (χ3v) is 4.41. The molecule has 0 bridgehead atoms. The Kier molecular flexibility index (Phi) is 4.87. The first-order valence-electron chi connectivity index (χ1n) is 6.67. The molecular formula is C15H19N3OS. The molecule has 0 spiro atoms. The van der Waals surface area contributed by atoms with Crippen molar-refractivity contribution < 1.29 is 4.79 Å². The van der Waals surface area contributed by atoms with E-state index in [1.165, 1.54) is 4.88 Å². The third kappa shape index (κ3) is 3.43. The number of amides is 1. The smallest absolute Gasteiger partial charge is 0.242 e. The number of thiazole rings is 1. The van der Waals surface area contributed by atoms with Gasteiger partial charge in [0.05, 0.1) is 6.04 Å². The van der Waals surface area contributed by atoms with Crippen molar-refractivity contribution in [3.05, 3.63) is 52.0 Å². The maximum absolute atomic E-state index is 12.1. The maximum atomic E-state index is 12.1. The van der Waals surface area contributed by atoms with Crippen LogP contribution in [-0.2, 0) is 11.2 Å². The van der Waals surface area contributed by atoms with Gasteiger partial charge < -0.3 is 11.1 Å². The number of nitrogens with zero attached hydrogens (tertiary/aromatic N) is 1. The minimum absolute atomic E-state index is 0.123. The monoisotopic (exact) mass is 289 g/mol. The Hall–Kier alpha value is -1.72. The molecule has 2 rings (SSSR count). The second kappa shape index (κ2) is 6.63. The summed E-state index contributed by atoms with van der Waals surface area (Å²) < 4.78 is 0. The molecule has 0 radical (unpaired) electrons. The lowest BCUT2D eigenvalue weighted by molar-refractivity contribution is -0.123. The van der Waals surface area contributed by atoms with Gasteiger partial charge in [0.1, 0.15) is 11.0 Å². The van der Waals surface area contributed by atoms with Crippen molar-refractivity contribution in [3.8, 4) is 0 Å². The molecule has 1 aromatic carbocycles. The average molecular weight is 289 g/mol. The predicted octanol–water partition coefficient (Wildman–Crippen LogP) is 2.58. The maximum Gasteiger partial charge on any atom is 0.242 e. The van der Waals surface area contributed by atoms with E-state index >= 15 is 0 Å². The van der Waals surface area contributed by atoms with Gasteiger partial charge in [-0.1, -0.05) is 37.3 Å². The summed E-state index contributed by atoms with van der Waals surface area (Å²) in [6.45, 7) is 4.01. The van der Waals surface area contributed by atoms with Crippen LogP contribution in [0.3, 0.4) is 0 Å². The molecular weight excluding hydrogens is 270 g/mol. The Balaban J connectivity index is 2.00. The van der Waals surface area contributed by atoms with Gasteiger partial charge in [-0.3, -0.25) is 4.79 Å². The summed E-state index contributed by atoms with van der Waals surface area (Å²) in [6, 6.07) is 8.59. The summed E-state index contributed by atoms with van der Waals surface area (Å²) in [5.41, 5.74) is 6.78. The summed E-state index contributed by atoms with van der Waals surface area (Å²) in [7, 11) is 0. The van der Waals surface area contributed by atoms with Gasteiger partial charge in [0.25, 0.3) is 0 Å². The number of benzene rings is 1. The van der Waals surface area contributed by atoms with Crippen LogP contribution in [0.2, 0.25) is 0 Å². The largest absolute Gasteiger partial charge is 0.345 e. The number of carbonyl (C=O) groups is 1. The highest BCUT2D eigenvalue weighted by Crippen LogP contribution is 2.21. The van der Waals surface area contributed by atoms with Crippen molar-refractivity contribution in [2.75, 3.05) is 0 Å². The van der Waals surface area contributed by atoms with Crippen LogP contribution < -0.4 is 11.1 Å². The van der Waals surface area contributed by atoms with Crippen molar-refractivity contribution in [1.29, 1.82) is 0 Å². The number of hydrogen-bond acceptors (Lipinski definition) is 4. The molecule has 0 fully saturated rings. The number of carbonyl (C=O) groups excluding carboxylic acids is 1. The van der Waals surface area contributed by atoms with Crippen LogP contribution in [0.15, 0.2) is 36.5 Å². The van der Waals surface area contributed by atoms with Crippen LogP contribution in [0.5, 0.6) is 0 Å². The number of nitrogens with two attached hydrogens (primary N) is 1. The van der Waals surface area contributed by atoms with E-state index in [2.05, 4.69) is 17.2 Å². The van der Waals surface area contributed by atoms with Gasteiger partial charge in [-0.25, -0.2) is 4.98 Å². The lowest BCUT2D eigenvalue weighted by Crippen LogP contribution is -2.35. The summed E-state index contributed by atoms with van der Waals surface area (Å²) >= 11 is 1.62. The molecule has 0 saturated carbocycles. The fourth-order valence-corrected chi connectivity index (χ4v) is 2.72. The highest BCUT2D eigenvalue weighted by atomic mass is 32.1. The summed E-state index contributed by atoms with van der Waals surface area (Å²) in [4.78, 5) is 17.7.